The third kappa shape index (κ3) is 6.32. The van der Waals surface area contributed by atoms with E-state index in [1.54, 1.807) is 14.0 Å². The van der Waals surface area contributed by atoms with E-state index in [9.17, 15) is 9.59 Å². The Bertz CT molecular complexity index is 797. The number of piperidine rings is 2. The molecule has 1 aromatic heterocycles. The van der Waals surface area contributed by atoms with Crippen LogP contribution in [-0.4, -0.2) is 83.9 Å². The van der Waals surface area contributed by atoms with Gasteiger partial charge in [-0.1, -0.05) is 5.16 Å². The molecule has 1 unspecified atom stereocenters. The number of hydrogen-bond donors (Lipinski definition) is 0. The van der Waals surface area contributed by atoms with Gasteiger partial charge in [-0.2, -0.15) is 4.98 Å². The molecular weight excluding hydrogens is 424 g/mol. The Labute approximate surface area is 196 Å². The molecule has 184 valence electrons. The Balaban J connectivity index is 1.22. The van der Waals surface area contributed by atoms with Crippen LogP contribution in [0.25, 0.3) is 0 Å². The summed E-state index contributed by atoms with van der Waals surface area (Å²) in [5.74, 6) is 2.65. The molecule has 2 amide bonds. The maximum atomic E-state index is 12.9. The first-order valence-electron chi connectivity index (χ1n) is 12.4. The van der Waals surface area contributed by atoms with Crippen LogP contribution < -0.4 is 0 Å². The molecule has 9 nitrogen and oxygen atoms in total. The van der Waals surface area contributed by atoms with Gasteiger partial charge in [-0.05, 0) is 50.4 Å². The first kappa shape index (κ1) is 24.1. The standard InChI is InChI=1S/C24H38N4O5/c1-18(29)27-9-3-19(4-10-27)16-23(30)28-11-7-24(8-12-28)17-20(5-14-32-24)15-22-25-21(26-33-22)6-13-31-2/h19-20H,3-17H2,1-2H3. The number of amides is 2. The third-order valence-corrected chi connectivity index (χ3v) is 7.65. The van der Waals surface area contributed by atoms with Crippen LogP contribution in [0.2, 0.25) is 0 Å². The zero-order valence-corrected chi connectivity index (χ0v) is 20.1. The molecule has 33 heavy (non-hydrogen) atoms. The Kier molecular flexibility index (Phi) is 8.01. The van der Waals surface area contributed by atoms with E-state index in [1.165, 1.54) is 0 Å². The fourth-order valence-electron chi connectivity index (χ4n) is 5.56. The number of carbonyl (C=O) groups excluding carboxylic acids is 2. The highest BCUT2D eigenvalue weighted by Crippen LogP contribution is 2.39. The second-order valence-electron chi connectivity index (χ2n) is 9.98. The third-order valence-electron chi connectivity index (χ3n) is 7.65. The van der Waals surface area contributed by atoms with Crippen LogP contribution in [0.4, 0.5) is 0 Å². The maximum Gasteiger partial charge on any atom is 0.226 e. The summed E-state index contributed by atoms with van der Waals surface area (Å²) in [4.78, 5) is 32.8. The second kappa shape index (κ2) is 11.0. The van der Waals surface area contributed by atoms with Crippen LogP contribution in [0.3, 0.4) is 0 Å². The summed E-state index contributed by atoms with van der Waals surface area (Å²) in [6, 6.07) is 0. The fraction of sp³-hybridized carbons (Fsp3) is 0.833. The molecular formula is C24H38N4O5. The second-order valence-corrected chi connectivity index (χ2v) is 9.98. The Morgan fingerprint density at radius 2 is 1.85 bits per heavy atom. The van der Waals surface area contributed by atoms with Crippen LogP contribution in [0.1, 0.15) is 63.6 Å². The molecule has 3 aliphatic rings. The lowest BCUT2D eigenvalue weighted by Crippen LogP contribution is -2.51. The van der Waals surface area contributed by atoms with Crippen molar-refractivity contribution in [2.45, 2.75) is 70.3 Å². The van der Waals surface area contributed by atoms with Crippen molar-refractivity contribution < 1.29 is 23.6 Å². The highest BCUT2D eigenvalue weighted by molar-refractivity contribution is 5.77. The van der Waals surface area contributed by atoms with Gasteiger partial charge in [-0.3, -0.25) is 9.59 Å². The van der Waals surface area contributed by atoms with Crippen LogP contribution in [-0.2, 0) is 31.9 Å². The molecule has 0 saturated carbocycles. The number of hydrogen-bond acceptors (Lipinski definition) is 7. The van der Waals surface area contributed by atoms with Crippen LogP contribution >= 0.6 is 0 Å². The minimum Gasteiger partial charge on any atom is -0.384 e. The summed E-state index contributed by atoms with van der Waals surface area (Å²) >= 11 is 0. The number of carbonyl (C=O) groups is 2. The summed E-state index contributed by atoms with van der Waals surface area (Å²) in [6.07, 6.45) is 7.66. The lowest BCUT2D eigenvalue weighted by Gasteiger charge is -2.46. The van der Waals surface area contributed by atoms with E-state index < -0.39 is 0 Å². The van der Waals surface area contributed by atoms with E-state index in [0.717, 1.165) is 77.7 Å². The molecule has 1 spiro atoms. The molecule has 4 rings (SSSR count). The number of likely N-dealkylation sites (tertiary alicyclic amines) is 2. The van der Waals surface area contributed by atoms with Crippen molar-refractivity contribution in [3.05, 3.63) is 11.7 Å². The average molecular weight is 463 g/mol. The maximum absolute atomic E-state index is 12.9. The van der Waals surface area contributed by atoms with Gasteiger partial charge in [0.25, 0.3) is 0 Å². The first-order valence-corrected chi connectivity index (χ1v) is 12.4. The molecule has 3 fully saturated rings. The van der Waals surface area contributed by atoms with E-state index in [-0.39, 0.29) is 17.4 Å². The van der Waals surface area contributed by atoms with Crippen LogP contribution in [0.5, 0.6) is 0 Å². The summed E-state index contributed by atoms with van der Waals surface area (Å²) in [7, 11) is 1.67. The van der Waals surface area contributed by atoms with Crippen molar-refractivity contribution in [3.8, 4) is 0 Å². The van der Waals surface area contributed by atoms with E-state index in [1.807, 2.05) is 9.80 Å². The van der Waals surface area contributed by atoms with Crippen molar-refractivity contribution in [3.63, 3.8) is 0 Å². The number of nitrogens with zero attached hydrogens (tertiary/aromatic N) is 4. The number of ether oxygens (including phenoxy) is 2. The zero-order chi connectivity index (χ0) is 23.3. The topological polar surface area (TPSA) is 98.0 Å². The SMILES string of the molecule is COCCc1noc(CC2CCOC3(CCN(C(=O)CC4CCN(C(C)=O)CC4)CC3)C2)n1. The predicted octanol–water partition coefficient (Wildman–Crippen LogP) is 2.24. The van der Waals surface area contributed by atoms with Crippen LogP contribution in [0.15, 0.2) is 4.52 Å². The molecule has 9 heteroatoms. The summed E-state index contributed by atoms with van der Waals surface area (Å²) in [5.41, 5.74) is -0.134. The normalized spacial score (nSPS) is 23.8. The summed E-state index contributed by atoms with van der Waals surface area (Å²) < 4.78 is 16.8. The number of rotatable bonds is 7. The van der Waals surface area contributed by atoms with Gasteiger partial charge in [0, 0.05) is 66.1 Å². The van der Waals surface area contributed by atoms with Crippen molar-refractivity contribution in [1.82, 2.24) is 19.9 Å². The smallest absolute Gasteiger partial charge is 0.226 e. The molecule has 0 radical (unpaired) electrons. The van der Waals surface area contributed by atoms with Crippen molar-refractivity contribution in [2.24, 2.45) is 11.8 Å². The average Bonchev–Trinajstić information content (AvgIpc) is 3.25. The summed E-state index contributed by atoms with van der Waals surface area (Å²) in [6.45, 7) is 6.04. The molecule has 4 heterocycles. The monoisotopic (exact) mass is 462 g/mol. The fourth-order valence-corrected chi connectivity index (χ4v) is 5.56. The lowest BCUT2D eigenvalue weighted by atomic mass is 9.78. The summed E-state index contributed by atoms with van der Waals surface area (Å²) in [5, 5.41) is 4.05. The molecule has 0 N–H and O–H groups in total. The van der Waals surface area contributed by atoms with E-state index in [0.29, 0.717) is 43.0 Å². The van der Waals surface area contributed by atoms with Crippen molar-refractivity contribution in [2.75, 3.05) is 46.5 Å². The minimum absolute atomic E-state index is 0.134. The van der Waals surface area contributed by atoms with Gasteiger partial charge in [-0.15, -0.1) is 0 Å². The van der Waals surface area contributed by atoms with Gasteiger partial charge < -0.3 is 23.8 Å². The van der Waals surface area contributed by atoms with E-state index in [2.05, 4.69) is 10.1 Å². The minimum atomic E-state index is -0.134. The number of methoxy groups -OCH3 is 1. The van der Waals surface area contributed by atoms with Crippen LogP contribution in [0, 0.1) is 11.8 Å². The van der Waals surface area contributed by atoms with Gasteiger partial charge in [0.15, 0.2) is 5.82 Å². The van der Waals surface area contributed by atoms with E-state index in [4.69, 9.17) is 14.0 Å². The highest BCUT2D eigenvalue weighted by atomic mass is 16.5. The molecule has 3 saturated heterocycles. The molecule has 3 aliphatic heterocycles. The van der Waals surface area contributed by atoms with Gasteiger partial charge in [0.1, 0.15) is 0 Å². The van der Waals surface area contributed by atoms with Crippen molar-refractivity contribution in [1.29, 1.82) is 0 Å². The van der Waals surface area contributed by atoms with Gasteiger partial charge in [0.2, 0.25) is 17.7 Å². The van der Waals surface area contributed by atoms with E-state index >= 15 is 0 Å². The zero-order valence-electron chi connectivity index (χ0n) is 20.1. The highest BCUT2D eigenvalue weighted by Gasteiger charge is 2.41. The predicted molar refractivity (Wildman–Crippen MR) is 120 cm³/mol. The molecule has 0 bridgehead atoms. The Morgan fingerprint density at radius 3 is 2.55 bits per heavy atom. The molecule has 1 aromatic rings. The molecule has 0 aromatic carbocycles. The lowest BCUT2D eigenvalue weighted by molar-refractivity contribution is -0.148. The van der Waals surface area contributed by atoms with Gasteiger partial charge in [0.05, 0.1) is 12.2 Å². The Morgan fingerprint density at radius 1 is 1.09 bits per heavy atom. The quantitative estimate of drug-likeness (QED) is 0.613. The Hall–Kier alpha value is -2.00. The first-order chi connectivity index (χ1) is 16.0. The molecule has 0 aliphatic carbocycles. The van der Waals surface area contributed by atoms with Crippen molar-refractivity contribution >= 4 is 11.8 Å². The number of aromatic nitrogens is 2. The van der Waals surface area contributed by atoms with Gasteiger partial charge in [-0.25, -0.2) is 0 Å². The molecule has 1 atom stereocenters. The van der Waals surface area contributed by atoms with Gasteiger partial charge >= 0.3 is 0 Å². The largest absolute Gasteiger partial charge is 0.384 e.